The Hall–Kier alpha value is -2.71. The summed E-state index contributed by atoms with van der Waals surface area (Å²) < 4.78 is 84.0. The number of rotatable bonds is 4. The molecule has 0 amide bonds. The Morgan fingerprint density at radius 3 is 2.08 bits per heavy atom. The van der Waals surface area contributed by atoms with E-state index in [0.717, 1.165) is 42.5 Å². The van der Waals surface area contributed by atoms with Crippen molar-refractivity contribution >= 4 is 5.97 Å². The van der Waals surface area contributed by atoms with Gasteiger partial charge in [0.1, 0.15) is 5.75 Å². The van der Waals surface area contributed by atoms with Crippen molar-refractivity contribution in [3.8, 4) is 16.9 Å². The van der Waals surface area contributed by atoms with Gasteiger partial charge in [-0.15, -0.1) is 13.2 Å². The van der Waals surface area contributed by atoms with Gasteiger partial charge in [-0.1, -0.05) is 12.1 Å². The summed E-state index contributed by atoms with van der Waals surface area (Å²) in [6, 6.07) is 6.58. The van der Waals surface area contributed by atoms with E-state index in [-0.39, 0.29) is 23.3 Å². The van der Waals surface area contributed by atoms with Crippen molar-refractivity contribution in [3.63, 3.8) is 0 Å². The molecule has 0 unspecified atom stereocenters. The lowest BCUT2D eigenvalue weighted by Gasteiger charge is -2.14. The monoisotopic (exact) mass is 378 g/mol. The molecule has 26 heavy (non-hydrogen) atoms. The van der Waals surface area contributed by atoms with Gasteiger partial charge < -0.3 is 9.47 Å². The van der Waals surface area contributed by atoms with Crippen molar-refractivity contribution in [1.29, 1.82) is 0 Å². The molecule has 0 spiro atoms. The molecule has 0 bridgehead atoms. The molecule has 0 radical (unpaired) electrons. The summed E-state index contributed by atoms with van der Waals surface area (Å²) in [6.45, 7) is 1.54. The van der Waals surface area contributed by atoms with Gasteiger partial charge in [0.05, 0.1) is 17.7 Å². The Morgan fingerprint density at radius 1 is 0.962 bits per heavy atom. The van der Waals surface area contributed by atoms with Crippen LogP contribution >= 0.6 is 0 Å². The molecule has 0 N–H and O–H groups in total. The summed E-state index contributed by atoms with van der Waals surface area (Å²) in [5.41, 5.74) is -1.15. The van der Waals surface area contributed by atoms with Crippen LogP contribution in [0.2, 0.25) is 0 Å². The number of carbonyl (C=O) groups excluding carboxylic acids is 1. The van der Waals surface area contributed by atoms with E-state index in [9.17, 15) is 31.1 Å². The van der Waals surface area contributed by atoms with Gasteiger partial charge in [-0.3, -0.25) is 0 Å². The number of benzene rings is 2. The van der Waals surface area contributed by atoms with Gasteiger partial charge >= 0.3 is 18.5 Å². The number of hydrogen-bond acceptors (Lipinski definition) is 3. The Balaban J connectivity index is 2.49. The first kappa shape index (κ1) is 19.6. The summed E-state index contributed by atoms with van der Waals surface area (Å²) in [4.78, 5) is 12.0. The topological polar surface area (TPSA) is 35.5 Å². The van der Waals surface area contributed by atoms with Crippen molar-refractivity contribution in [2.24, 2.45) is 0 Å². The van der Waals surface area contributed by atoms with Crippen LogP contribution < -0.4 is 4.74 Å². The van der Waals surface area contributed by atoms with Gasteiger partial charge in [0.25, 0.3) is 0 Å². The molecule has 0 aliphatic heterocycles. The van der Waals surface area contributed by atoms with E-state index in [1.54, 1.807) is 0 Å². The fourth-order valence-corrected chi connectivity index (χ4v) is 2.18. The molecule has 140 valence electrons. The molecule has 0 fully saturated rings. The van der Waals surface area contributed by atoms with Crippen molar-refractivity contribution in [1.82, 2.24) is 0 Å². The van der Waals surface area contributed by atoms with E-state index in [4.69, 9.17) is 4.74 Å². The van der Waals surface area contributed by atoms with Gasteiger partial charge in [0.15, 0.2) is 0 Å². The van der Waals surface area contributed by atoms with Crippen LogP contribution in [0.25, 0.3) is 11.1 Å². The van der Waals surface area contributed by atoms with Crippen LogP contribution in [0.1, 0.15) is 22.8 Å². The zero-order valence-electron chi connectivity index (χ0n) is 13.2. The van der Waals surface area contributed by atoms with E-state index in [1.165, 1.54) is 6.92 Å². The van der Waals surface area contributed by atoms with Gasteiger partial charge in [-0.25, -0.2) is 4.79 Å². The maximum absolute atomic E-state index is 13.0. The third-order valence-corrected chi connectivity index (χ3v) is 3.24. The number of ether oxygens (including phenoxy) is 2. The highest BCUT2D eigenvalue weighted by Gasteiger charge is 2.32. The first-order valence-electron chi connectivity index (χ1n) is 7.26. The first-order valence-corrected chi connectivity index (χ1v) is 7.26. The van der Waals surface area contributed by atoms with Gasteiger partial charge in [0, 0.05) is 0 Å². The largest absolute Gasteiger partial charge is 0.573 e. The number of halogens is 6. The summed E-state index contributed by atoms with van der Waals surface area (Å²) >= 11 is 0. The van der Waals surface area contributed by atoms with Crippen LogP contribution in [0, 0.1) is 0 Å². The molecule has 9 heteroatoms. The fourth-order valence-electron chi connectivity index (χ4n) is 2.18. The standard InChI is InChI=1S/C17H12F6O3/c1-2-25-15(24)13-8-5-11(16(18,19)20)9-14(13)10-3-6-12(7-4-10)26-17(21,22)23/h3-9H,2H2,1H3. The lowest BCUT2D eigenvalue weighted by atomic mass is 9.97. The van der Waals surface area contributed by atoms with Crippen LogP contribution in [-0.4, -0.2) is 18.9 Å². The molecule has 2 rings (SSSR count). The third kappa shape index (κ3) is 4.90. The van der Waals surface area contributed by atoms with E-state index in [1.807, 2.05) is 0 Å². The highest BCUT2D eigenvalue weighted by atomic mass is 19.4. The average molecular weight is 378 g/mol. The molecule has 3 nitrogen and oxygen atoms in total. The zero-order chi connectivity index (χ0) is 19.5. The molecule has 0 heterocycles. The average Bonchev–Trinajstić information content (AvgIpc) is 2.53. The molecule has 2 aromatic carbocycles. The summed E-state index contributed by atoms with van der Waals surface area (Å²) in [6.07, 6.45) is -9.55. The van der Waals surface area contributed by atoms with Crippen molar-refractivity contribution in [2.75, 3.05) is 6.61 Å². The van der Waals surface area contributed by atoms with E-state index >= 15 is 0 Å². The predicted octanol–water partition coefficient (Wildman–Crippen LogP) is 5.45. The highest BCUT2D eigenvalue weighted by Crippen LogP contribution is 2.35. The lowest BCUT2D eigenvalue weighted by molar-refractivity contribution is -0.274. The summed E-state index contributed by atoms with van der Waals surface area (Å²) in [5.74, 6) is -1.38. The van der Waals surface area contributed by atoms with Gasteiger partial charge in [-0.05, 0) is 48.4 Å². The molecule has 2 aromatic rings. The molecular formula is C17H12F6O3. The molecule has 0 atom stereocenters. The molecule has 0 aliphatic rings. The minimum absolute atomic E-state index is 0.0116. The van der Waals surface area contributed by atoms with Crippen LogP contribution in [0.4, 0.5) is 26.3 Å². The SMILES string of the molecule is CCOC(=O)c1ccc(C(F)(F)F)cc1-c1ccc(OC(F)(F)F)cc1. The maximum Gasteiger partial charge on any atom is 0.573 e. The Bertz CT molecular complexity index is 779. The van der Waals surface area contributed by atoms with Crippen LogP contribution in [0.3, 0.4) is 0 Å². The van der Waals surface area contributed by atoms with Crippen molar-refractivity contribution in [3.05, 3.63) is 53.6 Å². The highest BCUT2D eigenvalue weighted by molar-refractivity contribution is 5.97. The van der Waals surface area contributed by atoms with Gasteiger partial charge in [-0.2, -0.15) is 13.2 Å². The summed E-state index contributed by atoms with van der Waals surface area (Å²) in [7, 11) is 0. The Morgan fingerprint density at radius 2 is 1.58 bits per heavy atom. The summed E-state index contributed by atoms with van der Waals surface area (Å²) in [5, 5.41) is 0. The van der Waals surface area contributed by atoms with E-state index < -0.39 is 29.8 Å². The molecular weight excluding hydrogens is 366 g/mol. The van der Waals surface area contributed by atoms with Crippen LogP contribution in [0.15, 0.2) is 42.5 Å². The van der Waals surface area contributed by atoms with Crippen LogP contribution in [0.5, 0.6) is 5.75 Å². The smallest absolute Gasteiger partial charge is 0.462 e. The number of alkyl halides is 6. The maximum atomic E-state index is 13.0. The molecule has 0 saturated carbocycles. The minimum Gasteiger partial charge on any atom is -0.462 e. The van der Waals surface area contributed by atoms with Crippen molar-refractivity contribution in [2.45, 2.75) is 19.5 Å². The molecule has 0 aliphatic carbocycles. The van der Waals surface area contributed by atoms with E-state index in [0.29, 0.717) is 0 Å². The second kappa shape index (κ2) is 7.27. The fraction of sp³-hybridized carbons (Fsp3) is 0.235. The Kier molecular flexibility index (Phi) is 5.48. The molecule has 0 aromatic heterocycles. The van der Waals surface area contributed by atoms with Crippen molar-refractivity contribution < 1.29 is 40.6 Å². The second-order valence-electron chi connectivity index (χ2n) is 5.05. The number of carbonyl (C=O) groups is 1. The van der Waals surface area contributed by atoms with Crippen LogP contribution in [-0.2, 0) is 10.9 Å². The zero-order valence-corrected chi connectivity index (χ0v) is 13.2. The first-order chi connectivity index (χ1) is 12.0. The number of hydrogen-bond donors (Lipinski definition) is 0. The predicted molar refractivity (Wildman–Crippen MR) is 79.5 cm³/mol. The normalized spacial score (nSPS) is 12.0. The lowest BCUT2D eigenvalue weighted by Crippen LogP contribution is -2.17. The molecule has 0 saturated heterocycles. The van der Waals surface area contributed by atoms with E-state index in [2.05, 4.69) is 4.74 Å². The minimum atomic E-state index is -4.90. The second-order valence-corrected chi connectivity index (χ2v) is 5.05. The Labute approximate surface area is 144 Å². The third-order valence-electron chi connectivity index (χ3n) is 3.24. The quantitative estimate of drug-likeness (QED) is 0.524. The van der Waals surface area contributed by atoms with Gasteiger partial charge in [0.2, 0.25) is 0 Å². The number of esters is 1.